The van der Waals surface area contributed by atoms with Crippen LogP contribution in [0.15, 0.2) is 11.5 Å². The van der Waals surface area contributed by atoms with E-state index in [4.69, 9.17) is 9.47 Å². The van der Waals surface area contributed by atoms with Gasteiger partial charge in [0.2, 0.25) is 5.79 Å². The molecule has 0 unspecified atom stereocenters. The molecule has 1 rings (SSSR count). The van der Waals surface area contributed by atoms with Crippen LogP contribution in [0.4, 0.5) is 0 Å². The zero-order valence-corrected chi connectivity index (χ0v) is 7.73. The van der Waals surface area contributed by atoms with Gasteiger partial charge in [-0.15, -0.1) is 0 Å². The average molecular weight is 156 g/mol. The fraction of sp³-hybridized carbons (Fsp3) is 0.778. The summed E-state index contributed by atoms with van der Waals surface area (Å²) in [6.45, 7) is 7.99. The molecule has 0 saturated heterocycles. The van der Waals surface area contributed by atoms with Crippen molar-refractivity contribution in [3.8, 4) is 0 Å². The van der Waals surface area contributed by atoms with E-state index < -0.39 is 0 Å². The minimum absolute atomic E-state index is 0.386. The van der Waals surface area contributed by atoms with Gasteiger partial charge in [0.05, 0.1) is 0 Å². The summed E-state index contributed by atoms with van der Waals surface area (Å²) >= 11 is 0. The summed E-state index contributed by atoms with van der Waals surface area (Å²) in [6, 6.07) is 0. The van der Waals surface area contributed by atoms with Gasteiger partial charge in [-0.2, -0.15) is 0 Å². The normalized spacial score (nSPS) is 21.5. The standard InChI is InChI=1S/C9H16O2/c1-5-6-9(4)10-7(2)8(3)11-9/h5-6H2,1-4H3. The number of ether oxygens (including phenoxy) is 2. The molecular weight excluding hydrogens is 140 g/mol. The topological polar surface area (TPSA) is 18.5 Å². The van der Waals surface area contributed by atoms with Crippen molar-refractivity contribution in [2.24, 2.45) is 0 Å². The molecule has 0 radical (unpaired) electrons. The van der Waals surface area contributed by atoms with Crippen LogP contribution in [0.2, 0.25) is 0 Å². The van der Waals surface area contributed by atoms with Crippen molar-refractivity contribution in [1.29, 1.82) is 0 Å². The first kappa shape index (κ1) is 8.44. The summed E-state index contributed by atoms with van der Waals surface area (Å²) in [7, 11) is 0. The van der Waals surface area contributed by atoms with Crippen LogP contribution in [-0.4, -0.2) is 5.79 Å². The highest BCUT2D eigenvalue weighted by Gasteiger charge is 2.33. The number of hydrogen-bond acceptors (Lipinski definition) is 2. The first-order valence-electron chi connectivity index (χ1n) is 4.13. The van der Waals surface area contributed by atoms with E-state index in [1.54, 1.807) is 0 Å². The molecule has 2 heteroatoms. The highest BCUT2D eigenvalue weighted by atomic mass is 16.7. The summed E-state index contributed by atoms with van der Waals surface area (Å²) < 4.78 is 11.1. The molecule has 64 valence electrons. The lowest BCUT2D eigenvalue weighted by atomic mass is 10.2. The van der Waals surface area contributed by atoms with Crippen LogP contribution in [0.3, 0.4) is 0 Å². The molecule has 0 aromatic rings. The van der Waals surface area contributed by atoms with Crippen molar-refractivity contribution < 1.29 is 9.47 Å². The highest BCUT2D eigenvalue weighted by Crippen LogP contribution is 2.33. The molecule has 0 aliphatic carbocycles. The van der Waals surface area contributed by atoms with Crippen molar-refractivity contribution in [3.05, 3.63) is 11.5 Å². The summed E-state index contributed by atoms with van der Waals surface area (Å²) in [5.74, 6) is 1.45. The van der Waals surface area contributed by atoms with Crippen LogP contribution in [-0.2, 0) is 9.47 Å². The molecule has 1 heterocycles. The second-order valence-electron chi connectivity index (χ2n) is 3.20. The zero-order valence-electron chi connectivity index (χ0n) is 7.73. The average Bonchev–Trinajstić information content (AvgIpc) is 2.08. The van der Waals surface area contributed by atoms with E-state index in [0.29, 0.717) is 0 Å². The predicted octanol–water partition coefficient (Wildman–Crippen LogP) is 2.80. The quantitative estimate of drug-likeness (QED) is 0.612. The maximum absolute atomic E-state index is 5.56. The van der Waals surface area contributed by atoms with Gasteiger partial charge in [0.25, 0.3) is 0 Å². The van der Waals surface area contributed by atoms with Crippen molar-refractivity contribution in [2.75, 3.05) is 0 Å². The van der Waals surface area contributed by atoms with E-state index in [9.17, 15) is 0 Å². The lowest BCUT2D eigenvalue weighted by Crippen LogP contribution is -2.25. The Labute approximate surface area is 68.2 Å². The molecule has 0 N–H and O–H groups in total. The Balaban J connectivity index is 2.57. The van der Waals surface area contributed by atoms with Gasteiger partial charge in [-0.3, -0.25) is 0 Å². The molecule has 0 spiro atoms. The molecule has 1 aliphatic rings. The fourth-order valence-electron chi connectivity index (χ4n) is 1.37. The largest absolute Gasteiger partial charge is 0.454 e. The second-order valence-corrected chi connectivity index (χ2v) is 3.20. The smallest absolute Gasteiger partial charge is 0.247 e. The number of rotatable bonds is 2. The van der Waals surface area contributed by atoms with Gasteiger partial charge in [-0.25, -0.2) is 0 Å². The first-order chi connectivity index (χ1) is 5.07. The van der Waals surface area contributed by atoms with Crippen LogP contribution in [0.1, 0.15) is 40.5 Å². The van der Waals surface area contributed by atoms with Crippen LogP contribution in [0, 0.1) is 0 Å². The second kappa shape index (κ2) is 2.76. The summed E-state index contributed by atoms with van der Waals surface area (Å²) in [6.07, 6.45) is 2.03. The maximum Gasteiger partial charge on any atom is 0.247 e. The van der Waals surface area contributed by atoms with Gasteiger partial charge >= 0.3 is 0 Å². The fourth-order valence-corrected chi connectivity index (χ4v) is 1.37. The molecule has 0 aromatic heterocycles. The van der Waals surface area contributed by atoms with Crippen molar-refractivity contribution >= 4 is 0 Å². The predicted molar refractivity (Wildman–Crippen MR) is 43.9 cm³/mol. The van der Waals surface area contributed by atoms with Gasteiger partial charge in [0, 0.05) is 13.3 Å². The molecule has 0 atom stereocenters. The lowest BCUT2D eigenvalue weighted by molar-refractivity contribution is -0.143. The molecule has 0 aromatic carbocycles. The Hall–Kier alpha value is -0.660. The Bertz CT molecular complexity index is 168. The first-order valence-corrected chi connectivity index (χ1v) is 4.13. The number of allylic oxidation sites excluding steroid dienone is 2. The van der Waals surface area contributed by atoms with Crippen LogP contribution in [0.25, 0.3) is 0 Å². The third-order valence-electron chi connectivity index (χ3n) is 1.94. The van der Waals surface area contributed by atoms with Gasteiger partial charge < -0.3 is 9.47 Å². The Kier molecular flexibility index (Phi) is 2.12. The van der Waals surface area contributed by atoms with E-state index >= 15 is 0 Å². The summed E-state index contributed by atoms with van der Waals surface area (Å²) in [5, 5.41) is 0. The summed E-state index contributed by atoms with van der Waals surface area (Å²) in [4.78, 5) is 0. The maximum atomic E-state index is 5.56. The molecular formula is C9H16O2. The SMILES string of the molecule is CCCC1(C)OC(C)=C(C)O1. The van der Waals surface area contributed by atoms with Crippen molar-refractivity contribution in [3.63, 3.8) is 0 Å². The van der Waals surface area contributed by atoms with E-state index in [1.807, 2.05) is 20.8 Å². The van der Waals surface area contributed by atoms with Gasteiger partial charge in [0.1, 0.15) is 11.5 Å². The molecule has 0 fully saturated rings. The van der Waals surface area contributed by atoms with Gasteiger partial charge in [-0.05, 0) is 20.3 Å². The highest BCUT2D eigenvalue weighted by molar-refractivity contribution is 5.02. The van der Waals surface area contributed by atoms with Gasteiger partial charge in [-0.1, -0.05) is 6.92 Å². The Morgan fingerprint density at radius 2 is 1.64 bits per heavy atom. The van der Waals surface area contributed by atoms with Crippen LogP contribution in [0.5, 0.6) is 0 Å². The van der Waals surface area contributed by atoms with Gasteiger partial charge in [0.15, 0.2) is 0 Å². The van der Waals surface area contributed by atoms with E-state index in [2.05, 4.69) is 6.92 Å². The zero-order chi connectivity index (χ0) is 8.48. The molecule has 1 aliphatic heterocycles. The van der Waals surface area contributed by atoms with E-state index in [-0.39, 0.29) is 5.79 Å². The summed E-state index contributed by atoms with van der Waals surface area (Å²) in [5.41, 5.74) is 0. The molecule has 2 nitrogen and oxygen atoms in total. The van der Waals surface area contributed by atoms with Crippen LogP contribution >= 0.6 is 0 Å². The molecule has 0 amide bonds. The van der Waals surface area contributed by atoms with Crippen molar-refractivity contribution in [2.45, 2.75) is 46.3 Å². The van der Waals surface area contributed by atoms with Crippen molar-refractivity contribution in [1.82, 2.24) is 0 Å². The van der Waals surface area contributed by atoms with E-state index in [1.165, 1.54) is 0 Å². The van der Waals surface area contributed by atoms with E-state index in [0.717, 1.165) is 24.4 Å². The Morgan fingerprint density at radius 1 is 1.18 bits per heavy atom. The minimum atomic E-state index is -0.386. The lowest BCUT2D eigenvalue weighted by Gasteiger charge is -2.23. The van der Waals surface area contributed by atoms with Crippen LogP contribution < -0.4 is 0 Å². The molecule has 0 saturated carbocycles. The molecule has 0 bridgehead atoms. The monoisotopic (exact) mass is 156 g/mol. The number of hydrogen-bond donors (Lipinski definition) is 0. The minimum Gasteiger partial charge on any atom is -0.454 e. The Morgan fingerprint density at radius 3 is 2.00 bits per heavy atom. The third-order valence-corrected chi connectivity index (χ3v) is 1.94. The third kappa shape index (κ3) is 1.67. The molecule has 11 heavy (non-hydrogen) atoms.